The lowest BCUT2D eigenvalue weighted by molar-refractivity contribution is -0.123. The van der Waals surface area contributed by atoms with E-state index in [1.165, 1.54) is 11.3 Å². The van der Waals surface area contributed by atoms with Gasteiger partial charge in [0.25, 0.3) is 5.91 Å². The monoisotopic (exact) mass is 279 g/mol. The number of thiazole rings is 1. The van der Waals surface area contributed by atoms with Gasteiger partial charge < -0.3 is 10.2 Å². The minimum Gasteiger partial charge on any atom is -0.353 e. The summed E-state index contributed by atoms with van der Waals surface area (Å²) in [4.78, 5) is 29.6. The second-order valence-electron chi connectivity index (χ2n) is 5.22. The molecule has 5 nitrogen and oxygen atoms in total. The molecule has 1 aromatic heterocycles. The summed E-state index contributed by atoms with van der Waals surface area (Å²) in [6, 6.07) is 0.229. The molecule has 1 aliphatic carbocycles. The normalized spacial score (nSPS) is 20.3. The van der Waals surface area contributed by atoms with Crippen molar-refractivity contribution < 1.29 is 9.59 Å². The SMILES string of the molecule is O=C(NC1CCN(C(=O)c2cscn2)CC1)C1CC1. The first kappa shape index (κ1) is 12.6. The third-order valence-electron chi connectivity index (χ3n) is 3.73. The fraction of sp³-hybridized carbons (Fsp3) is 0.615. The fourth-order valence-electron chi connectivity index (χ4n) is 2.37. The summed E-state index contributed by atoms with van der Waals surface area (Å²) in [6.45, 7) is 1.40. The lowest BCUT2D eigenvalue weighted by atomic mass is 10.0. The van der Waals surface area contributed by atoms with Gasteiger partial charge in [0.2, 0.25) is 5.91 Å². The maximum Gasteiger partial charge on any atom is 0.273 e. The van der Waals surface area contributed by atoms with Gasteiger partial charge in [-0.3, -0.25) is 9.59 Å². The number of hydrogen-bond acceptors (Lipinski definition) is 4. The minimum atomic E-state index is 0.00761. The first-order valence-corrected chi connectivity index (χ1v) is 7.66. The van der Waals surface area contributed by atoms with E-state index in [1.54, 1.807) is 10.9 Å². The predicted molar refractivity (Wildman–Crippen MR) is 71.9 cm³/mol. The van der Waals surface area contributed by atoms with Gasteiger partial charge in [-0.2, -0.15) is 0 Å². The standard InChI is InChI=1S/C13H17N3O2S/c17-12(9-1-2-9)15-10-3-5-16(6-4-10)13(18)11-7-19-8-14-11/h7-10H,1-6H2,(H,15,17). The summed E-state index contributed by atoms with van der Waals surface area (Å²) >= 11 is 1.44. The molecule has 0 atom stereocenters. The second-order valence-corrected chi connectivity index (χ2v) is 5.94. The van der Waals surface area contributed by atoms with E-state index in [-0.39, 0.29) is 23.8 Å². The van der Waals surface area contributed by atoms with Gasteiger partial charge in [0.1, 0.15) is 5.69 Å². The quantitative estimate of drug-likeness (QED) is 0.906. The molecule has 0 aromatic carbocycles. The smallest absolute Gasteiger partial charge is 0.273 e. The molecule has 2 heterocycles. The highest BCUT2D eigenvalue weighted by atomic mass is 32.1. The molecule has 2 fully saturated rings. The van der Waals surface area contributed by atoms with Crippen molar-refractivity contribution in [3.63, 3.8) is 0 Å². The lowest BCUT2D eigenvalue weighted by Crippen LogP contribution is -2.47. The average Bonchev–Trinajstić information content (AvgIpc) is 3.14. The summed E-state index contributed by atoms with van der Waals surface area (Å²) in [7, 11) is 0. The number of amides is 2. The van der Waals surface area contributed by atoms with Crippen LogP contribution in [0.5, 0.6) is 0 Å². The van der Waals surface area contributed by atoms with Crippen molar-refractivity contribution in [3.8, 4) is 0 Å². The topological polar surface area (TPSA) is 62.3 Å². The van der Waals surface area contributed by atoms with E-state index in [1.807, 2.05) is 4.90 Å². The van der Waals surface area contributed by atoms with Crippen molar-refractivity contribution >= 4 is 23.2 Å². The number of piperidine rings is 1. The summed E-state index contributed by atoms with van der Waals surface area (Å²) in [5.74, 6) is 0.465. The summed E-state index contributed by atoms with van der Waals surface area (Å²) in [5.41, 5.74) is 2.21. The Morgan fingerprint density at radius 1 is 1.26 bits per heavy atom. The lowest BCUT2D eigenvalue weighted by Gasteiger charge is -2.32. The van der Waals surface area contributed by atoms with Crippen LogP contribution in [0.4, 0.5) is 0 Å². The molecule has 1 N–H and O–H groups in total. The van der Waals surface area contributed by atoms with Crippen molar-refractivity contribution in [1.82, 2.24) is 15.2 Å². The number of nitrogens with one attached hydrogen (secondary N) is 1. The number of carbonyl (C=O) groups is 2. The van der Waals surface area contributed by atoms with Crippen LogP contribution in [0, 0.1) is 5.92 Å². The van der Waals surface area contributed by atoms with Crippen LogP contribution >= 0.6 is 11.3 Å². The van der Waals surface area contributed by atoms with Crippen LogP contribution in [0.15, 0.2) is 10.9 Å². The van der Waals surface area contributed by atoms with Crippen LogP contribution in [-0.4, -0.2) is 40.8 Å². The molecule has 0 unspecified atom stereocenters. The van der Waals surface area contributed by atoms with Gasteiger partial charge in [-0.15, -0.1) is 11.3 Å². The highest BCUT2D eigenvalue weighted by molar-refractivity contribution is 7.07. The zero-order valence-corrected chi connectivity index (χ0v) is 11.5. The Balaban J connectivity index is 1.49. The van der Waals surface area contributed by atoms with E-state index in [2.05, 4.69) is 10.3 Å². The molecule has 3 rings (SSSR count). The van der Waals surface area contributed by atoms with Gasteiger partial charge in [-0.05, 0) is 25.7 Å². The van der Waals surface area contributed by atoms with Gasteiger partial charge in [0.05, 0.1) is 5.51 Å². The summed E-state index contributed by atoms with van der Waals surface area (Å²) in [6.07, 6.45) is 3.75. The number of aromatic nitrogens is 1. The molecule has 19 heavy (non-hydrogen) atoms. The Morgan fingerprint density at radius 3 is 2.58 bits per heavy atom. The third-order valence-corrected chi connectivity index (χ3v) is 4.31. The van der Waals surface area contributed by atoms with Gasteiger partial charge in [0, 0.05) is 30.4 Å². The van der Waals surface area contributed by atoms with E-state index in [4.69, 9.17) is 0 Å². The first-order valence-electron chi connectivity index (χ1n) is 6.72. The number of likely N-dealkylation sites (tertiary alicyclic amines) is 1. The molecular weight excluding hydrogens is 262 g/mol. The van der Waals surface area contributed by atoms with E-state index in [9.17, 15) is 9.59 Å². The van der Waals surface area contributed by atoms with Crippen molar-refractivity contribution in [3.05, 3.63) is 16.6 Å². The van der Waals surface area contributed by atoms with Crippen molar-refractivity contribution in [2.24, 2.45) is 5.92 Å². The molecule has 2 aliphatic rings. The third kappa shape index (κ3) is 2.94. The molecule has 0 radical (unpaired) electrons. The number of hydrogen-bond donors (Lipinski definition) is 1. The van der Waals surface area contributed by atoms with Gasteiger partial charge >= 0.3 is 0 Å². The van der Waals surface area contributed by atoms with Crippen molar-refractivity contribution in [1.29, 1.82) is 0 Å². The molecule has 0 bridgehead atoms. The summed E-state index contributed by atoms with van der Waals surface area (Å²) in [5, 5.41) is 4.87. The summed E-state index contributed by atoms with van der Waals surface area (Å²) < 4.78 is 0. The number of rotatable bonds is 3. The van der Waals surface area contributed by atoms with Crippen LogP contribution in [0.2, 0.25) is 0 Å². The Bertz CT molecular complexity index is 462. The zero-order valence-electron chi connectivity index (χ0n) is 10.7. The van der Waals surface area contributed by atoms with Crippen LogP contribution in [0.25, 0.3) is 0 Å². The van der Waals surface area contributed by atoms with E-state index >= 15 is 0 Å². The van der Waals surface area contributed by atoms with Crippen molar-refractivity contribution in [2.45, 2.75) is 31.7 Å². The molecule has 2 amide bonds. The second kappa shape index (κ2) is 5.28. The maximum absolute atomic E-state index is 12.1. The van der Waals surface area contributed by atoms with Gasteiger partial charge in [0.15, 0.2) is 0 Å². The molecule has 1 saturated heterocycles. The van der Waals surface area contributed by atoms with Crippen molar-refractivity contribution in [2.75, 3.05) is 13.1 Å². The first-order chi connectivity index (χ1) is 9.24. The predicted octanol–water partition coefficient (Wildman–Crippen LogP) is 1.27. The Hall–Kier alpha value is -1.43. The molecule has 102 valence electrons. The minimum absolute atomic E-state index is 0.00761. The molecule has 1 aliphatic heterocycles. The van der Waals surface area contributed by atoms with Crippen LogP contribution < -0.4 is 5.32 Å². The highest BCUT2D eigenvalue weighted by Crippen LogP contribution is 2.29. The van der Waals surface area contributed by atoms with Crippen LogP contribution in [0.1, 0.15) is 36.2 Å². The van der Waals surface area contributed by atoms with Gasteiger partial charge in [-0.25, -0.2) is 4.98 Å². The molecule has 1 aromatic rings. The molecule has 1 saturated carbocycles. The van der Waals surface area contributed by atoms with Crippen LogP contribution in [-0.2, 0) is 4.79 Å². The van der Waals surface area contributed by atoms with E-state index in [0.717, 1.165) is 25.7 Å². The fourth-order valence-corrected chi connectivity index (χ4v) is 2.90. The Kier molecular flexibility index (Phi) is 3.50. The van der Waals surface area contributed by atoms with E-state index in [0.29, 0.717) is 18.8 Å². The number of nitrogens with zero attached hydrogens (tertiary/aromatic N) is 2. The average molecular weight is 279 g/mol. The maximum atomic E-state index is 12.1. The molecule has 6 heteroatoms. The van der Waals surface area contributed by atoms with E-state index < -0.39 is 0 Å². The van der Waals surface area contributed by atoms with Gasteiger partial charge in [-0.1, -0.05) is 0 Å². The molecular formula is C13H17N3O2S. The molecule has 0 spiro atoms. The Morgan fingerprint density at radius 2 is 2.00 bits per heavy atom. The Labute approximate surface area is 116 Å². The highest BCUT2D eigenvalue weighted by Gasteiger charge is 2.32. The number of carbonyl (C=O) groups excluding carboxylic acids is 2. The largest absolute Gasteiger partial charge is 0.353 e. The van der Waals surface area contributed by atoms with Crippen LogP contribution in [0.3, 0.4) is 0 Å². The zero-order chi connectivity index (χ0) is 13.2.